The highest BCUT2D eigenvalue weighted by molar-refractivity contribution is 4.84. The number of rotatable bonds is 2. The summed E-state index contributed by atoms with van der Waals surface area (Å²) in [6, 6.07) is 0.690. The Labute approximate surface area is 68.6 Å². The Morgan fingerprint density at radius 3 is 2.36 bits per heavy atom. The number of halogens is 1. The highest BCUT2D eigenvalue weighted by Crippen LogP contribution is 2.23. The Balaban J connectivity index is 2.51. The lowest BCUT2D eigenvalue weighted by atomic mass is 10.1. The third-order valence-corrected chi connectivity index (χ3v) is 2.54. The Kier molecular flexibility index (Phi) is 2.88. The van der Waals surface area contributed by atoms with Gasteiger partial charge >= 0.3 is 0 Å². The molecule has 0 saturated carbocycles. The standard InChI is InChI=1S/C9H18FN/c1-7(2)11-6-4-5-9(11)8(3)10/h7-9H,4-6H2,1-3H3/t8?,9-/m0/s1. The lowest BCUT2D eigenvalue weighted by molar-refractivity contribution is 0.130. The summed E-state index contributed by atoms with van der Waals surface area (Å²) in [6.07, 6.45) is 1.53. The van der Waals surface area contributed by atoms with Gasteiger partial charge in [-0.3, -0.25) is 4.90 Å². The fraction of sp³-hybridized carbons (Fsp3) is 1.00. The van der Waals surface area contributed by atoms with Gasteiger partial charge in [0.25, 0.3) is 0 Å². The maximum Gasteiger partial charge on any atom is 0.113 e. The fourth-order valence-corrected chi connectivity index (χ4v) is 1.95. The van der Waals surface area contributed by atoms with Crippen LogP contribution in [0.3, 0.4) is 0 Å². The summed E-state index contributed by atoms with van der Waals surface area (Å²) >= 11 is 0. The molecule has 1 rings (SSSR count). The monoisotopic (exact) mass is 159 g/mol. The lowest BCUT2D eigenvalue weighted by Crippen LogP contribution is -2.40. The van der Waals surface area contributed by atoms with Crippen molar-refractivity contribution < 1.29 is 4.39 Å². The van der Waals surface area contributed by atoms with Crippen molar-refractivity contribution in [1.29, 1.82) is 0 Å². The molecule has 0 aromatic heterocycles. The predicted molar refractivity (Wildman–Crippen MR) is 45.4 cm³/mol. The van der Waals surface area contributed by atoms with E-state index in [4.69, 9.17) is 0 Å². The molecule has 0 aromatic carbocycles. The summed E-state index contributed by atoms with van der Waals surface area (Å²) in [5.41, 5.74) is 0. The first-order chi connectivity index (χ1) is 5.13. The molecular formula is C9H18FN. The van der Waals surface area contributed by atoms with Crippen LogP contribution in [0.15, 0.2) is 0 Å². The molecule has 1 fully saturated rings. The second-order valence-corrected chi connectivity index (χ2v) is 3.72. The van der Waals surface area contributed by atoms with Gasteiger partial charge in [-0.05, 0) is 40.2 Å². The van der Waals surface area contributed by atoms with Crippen molar-refractivity contribution in [2.24, 2.45) is 0 Å². The highest BCUT2D eigenvalue weighted by Gasteiger charge is 2.30. The summed E-state index contributed by atoms with van der Waals surface area (Å²) in [6.45, 7) is 7.03. The molecule has 0 radical (unpaired) electrons. The first-order valence-electron chi connectivity index (χ1n) is 4.52. The third-order valence-electron chi connectivity index (χ3n) is 2.54. The van der Waals surface area contributed by atoms with E-state index >= 15 is 0 Å². The van der Waals surface area contributed by atoms with Crippen molar-refractivity contribution in [3.05, 3.63) is 0 Å². The van der Waals surface area contributed by atoms with Gasteiger partial charge in [-0.15, -0.1) is 0 Å². The topological polar surface area (TPSA) is 3.24 Å². The average molecular weight is 159 g/mol. The fourth-order valence-electron chi connectivity index (χ4n) is 1.95. The number of hydrogen-bond donors (Lipinski definition) is 0. The summed E-state index contributed by atoms with van der Waals surface area (Å²) < 4.78 is 13.0. The second kappa shape index (κ2) is 3.53. The van der Waals surface area contributed by atoms with Crippen molar-refractivity contribution in [3.8, 4) is 0 Å². The van der Waals surface area contributed by atoms with Crippen LogP contribution in [0.2, 0.25) is 0 Å². The van der Waals surface area contributed by atoms with Crippen molar-refractivity contribution in [2.75, 3.05) is 6.54 Å². The van der Waals surface area contributed by atoms with Crippen molar-refractivity contribution in [3.63, 3.8) is 0 Å². The van der Waals surface area contributed by atoms with E-state index in [9.17, 15) is 4.39 Å². The number of likely N-dealkylation sites (tertiary alicyclic amines) is 1. The summed E-state index contributed by atoms with van der Waals surface area (Å²) in [7, 11) is 0. The normalized spacial score (nSPS) is 29.7. The first kappa shape index (κ1) is 8.98. The van der Waals surface area contributed by atoms with Gasteiger partial charge in [-0.25, -0.2) is 4.39 Å². The molecule has 2 atom stereocenters. The molecule has 0 aromatic rings. The van der Waals surface area contributed by atoms with E-state index < -0.39 is 6.17 Å². The predicted octanol–water partition coefficient (Wildman–Crippen LogP) is 2.22. The maximum atomic E-state index is 13.0. The Hall–Kier alpha value is -0.110. The molecule has 1 aliphatic rings. The maximum absolute atomic E-state index is 13.0. The minimum atomic E-state index is -0.667. The van der Waals surface area contributed by atoms with Gasteiger partial charge < -0.3 is 0 Å². The molecule has 0 aliphatic carbocycles. The molecule has 0 amide bonds. The van der Waals surface area contributed by atoms with Gasteiger partial charge in [-0.2, -0.15) is 0 Å². The van der Waals surface area contributed by atoms with Crippen LogP contribution in [-0.4, -0.2) is 29.7 Å². The molecule has 0 N–H and O–H groups in total. The molecule has 1 heterocycles. The van der Waals surface area contributed by atoms with Gasteiger partial charge in [0, 0.05) is 12.1 Å². The van der Waals surface area contributed by atoms with Gasteiger partial charge in [-0.1, -0.05) is 0 Å². The van der Waals surface area contributed by atoms with E-state index in [1.807, 2.05) is 0 Å². The highest BCUT2D eigenvalue weighted by atomic mass is 19.1. The summed E-state index contributed by atoms with van der Waals surface area (Å²) in [4.78, 5) is 2.27. The zero-order chi connectivity index (χ0) is 8.43. The summed E-state index contributed by atoms with van der Waals surface area (Å²) in [5.74, 6) is 0. The minimum absolute atomic E-state index is 0.190. The van der Waals surface area contributed by atoms with Gasteiger partial charge in [0.1, 0.15) is 6.17 Å². The largest absolute Gasteiger partial charge is 0.295 e. The first-order valence-corrected chi connectivity index (χ1v) is 4.52. The SMILES string of the molecule is CC(F)[C@@H]1CCCN1C(C)C. The lowest BCUT2D eigenvalue weighted by Gasteiger charge is -2.28. The van der Waals surface area contributed by atoms with E-state index in [1.54, 1.807) is 6.92 Å². The second-order valence-electron chi connectivity index (χ2n) is 3.72. The van der Waals surface area contributed by atoms with Gasteiger partial charge in [0.15, 0.2) is 0 Å². The van der Waals surface area contributed by atoms with Crippen molar-refractivity contribution >= 4 is 0 Å². The van der Waals surface area contributed by atoms with Crippen molar-refractivity contribution in [2.45, 2.75) is 51.9 Å². The Morgan fingerprint density at radius 1 is 1.36 bits per heavy atom. The molecule has 0 bridgehead atoms. The van der Waals surface area contributed by atoms with Crippen LogP contribution < -0.4 is 0 Å². The van der Waals surface area contributed by atoms with Gasteiger partial charge in [0.2, 0.25) is 0 Å². The molecule has 66 valence electrons. The Bertz CT molecular complexity index is 109. The van der Waals surface area contributed by atoms with E-state index in [1.165, 1.54) is 0 Å². The number of nitrogens with zero attached hydrogens (tertiary/aromatic N) is 1. The summed E-state index contributed by atoms with van der Waals surface area (Å²) in [5, 5.41) is 0. The van der Waals surface area contributed by atoms with E-state index in [0.29, 0.717) is 6.04 Å². The molecule has 0 spiro atoms. The quantitative estimate of drug-likeness (QED) is 0.597. The van der Waals surface area contributed by atoms with E-state index in [-0.39, 0.29) is 6.04 Å². The minimum Gasteiger partial charge on any atom is -0.295 e. The molecule has 11 heavy (non-hydrogen) atoms. The molecule has 1 saturated heterocycles. The van der Waals surface area contributed by atoms with Crippen LogP contribution in [-0.2, 0) is 0 Å². The third kappa shape index (κ3) is 1.92. The molecule has 2 heteroatoms. The molecule has 1 nitrogen and oxygen atoms in total. The van der Waals surface area contributed by atoms with Crippen LogP contribution >= 0.6 is 0 Å². The van der Waals surface area contributed by atoms with Crippen molar-refractivity contribution in [1.82, 2.24) is 4.90 Å². The van der Waals surface area contributed by atoms with E-state index in [0.717, 1.165) is 19.4 Å². The molecule has 1 aliphatic heterocycles. The Morgan fingerprint density at radius 2 is 2.00 bits per heavy atom. The van der Waals surface area contributed by atoms with E-state index in [2.05, 4.69) is 18.7 Å². The zero-order valence-corrected chi connectivity index (χ0v) is 7.68. The van der Waals surface area contributed by atoms with Crippen LogP contribution in [0.5, 0.6) is 0 Å². The van der Waals surface area contributed by atoms with Crippen LogP contribution in [0, 0.1) is 0 Å². The molecular weight excluding hydrogens is 141 g/mol. The molecule has 1 unspecified atom stereocenters. The zero-order valence-electron chi connectivity index (χ0n) is 7.68. The van der Waals surface area contributed by atoms with Crippen LogP contribution in [0.25, 0.3) is 0 Å². The van der Waals surface area contributed by atoms with Crippen LogP contribution in [0.4, 0.5) is 4.39 Å². The smallest absolute Gasteiger partial charge is 0.113 e. The number of alkyl halides is 1. The number of hydrogen-bond acceptors (Lipinski definition) is 1. The average Bonchev–Trinajstić information content (AvgIpc) is 2.32. The van der Waals surface area contributed by atoms with Crippen LogP contribution in [0.1, 0.15) is 33.6 Å². The van der Waals surface area contributed by atoms with Gasteiger partial charge in [0.05, 0.1) is 0 Å².